The standard InChI is InChI=1S/C33H56O17/c1-6-15(2)8-7-9-16(3)10-11-20(33(4,5)44)48-30-26(42)23(39)28(18(13-35)46-30)50-32-27(43)24(40)29(19(14-36)47-32)49-31-25(41)22(38)21(37)17(12-34)45-31/h6,9,17-32,34-44H,1-2,7-8,10-14H2,3-5H3/b16-9-/t17-,18-,19-,20+,21-,22+,23-,24-,25-,26-,27-,28-,29-,30+,31+,32+/m1/s1. The number of aliphatic hydroxyl groups is 11. The van der Waals surface area contributed by atoms with E-state index in [9.17, 15) is 56.2 Å². The van der Waals surface area contributed by atoms with Gasteiger partial charge in [0.25, 0.3) is 0 Å². The molecule has 3 aliphatic rings. The predicted octanol–water partition coefficient (Wildman–Crippen LogP) is -3.16. The fourth-order valence-electron chi connectivity index (χ4n) is 5.97. The fourth-order valence-corrected chi connectivity index (χ4v) is 5.97. The molecule has 3 saturated heterocycles. The molecule has 0 aliphatic carbocycles. The predicted molar refractivity (Wildman–Crippen MR) is 172 cm³/mol. The molecule has 3 aliphatic heterocycles. The normalized spacial score (nSPS) is 40.8. The number of ether oxygens (including phenoxy) is 6. The average molecular weight is 725 g/mol. The van der Waals surface area contributed by atoms with E-state index in [1.54, 1.807) is 6.08 Å². The van der Waals surface area contributed by atoms with Crippen LogP contribution in [0.15, 0.2) is 36.5 Å². The van der Waals surface area contributed by atoms with Crippen molar-refractivity contribution in [1.29, 1.82) is 0 Å². The van der Waals surface area contributed by atoms with Crippen molar-refractivity contribution in [2.75, 3.05) is 19.8 Å². The van der Waals surface area contributed by atoms with Crippen LogP contribution in [0.4, 0.5) is 0 Å². The molecule has 0 spiro atoms. The van der Waals surface area contributed by atoms with Crippen molar-refractivity contribution in [3.8, 4) is 0 Å². The maximum Gasteiger partial charge on any atom is 0.187 e. The highest BCUT2D eigenvalue weighted by molar-refractivity contribution is 5.12. The van der Waals surface area contributed by atoms with Gasteiger partial charge < -0.3 is 84.6 Å². The Morgan fingerprint density at radius 3 is 1.64 bits per heavy atom. The van der Waals surface area contributed by atoms with E-state index in [0.29, 0.717) is 12.8 Å². The van der Waals surface area contributed by atoms with Crippen LogP contribution in [-0.2, 0) is 28.4 Å². The molecule has 0 saturated carbocycles. The Morgan fingerprint density at radius 2 is 1.16 bits per heavy atom. The molecular weight excluding hydrogens is 668 g/mol. The van der Waals surface area contributed by atoms with E-state index in [2.05, 4.69) is 13.2 Å². The van der Waals surface area contributed by atoms with Gasteiger partial charge in [0, 0.05) is 0 Å². The van der Waals surface area contributed by atoms with E-state index < -0.39 is 124 Å². The van der Waals surface area contributed by atoms with Gasteiger partial charge in [0.05, 0.1) is 31.5 Å². The summed E-state index contributed by atoms with van der Waals surface area (Å²) in [5, 5.41) is 115. The van der Waals surface area contributed by atoms with E-state index in [4.69, 9.17) is 28.4 Å². The summed E-state index contributed by atoms with van der Waals surface area (Å²) in [6, 6.07) is 0. The largest absolute Gasteiger partial charge is 0.394 e. The Hall–Kier alpha value is -1.46. The zero-order chi connectivity index (χ0) is 37.5. The van der Waals surface area contributed by atoms with Gasteiger partial charge in [0.2, 0.25) is 0 Å². The van der Waals surface area contributed by atoms with Crippen molar-refractivity contribution < 1.29 is 84.6 Å². The maximum absolute atomic E-state index is 11.1. The lowest BCUT2D eigenvalue weighted by Crippen LogP contribution is -2.66. The molecule has 16 atom stereocenters. The van der Waals surface area contributed by atoms with E-state index in [0.717, 1.165) is 24.0 Å². The Balaban J connectivity index is 1.67. The Morgan fingerprint density at radius 1 is 0.700 bits per heavy atom. The van der Waals surface area contributed by atoms with Crippen LogP contribution < -0.4 is 0 Å². The first-order chi connectivity index (χ1) is 23.5. The van der Waals surface area contributed by atoms with Gasteiger partial charge >= 0.3 is 0 Å². The van der Waals surface area contributed by atoms with Crippen LogP contribution in [0.25, 0.3) is 0 Å². The number of allylic oxidation sites excluding steroid dienone is 4. The Bertz CT molecular complexity index is 1090. The second-order valence-electron chi connectivity index (χ2n) is 13.6. The molecule has 3 heterocycles. The molecule has 0 aromatic heterocycles. The molecule has 3 rings (SSSR count). The van der Waals surface area contributed by atoms with Crippen LogP contribution in [-0.4, -0.2) is 180 Å². The zero-order valence-corrected chi connectivity index (χ0v) is 28.6. The van der Waals surface area contributed by atoms with Crippen LogP contribution >= 0.6 is 0 Å². The molecule has 0 radical (unpaired) electrons. The lowest BCUT2D eigenvalue weighted by molar-refractivity contribution is -0.382. The molecule has 17 nitrogen and oxygen atoms in total. The van der Waals surface area contributed by atoms with Gasteiger partial charge in [-0.25, -0.2) is 0 Å². The van der Waals surface area contributed by atoms with Crippen molar-refractivity contribution >= 4 is 0 Å². The summed E-state index contributed by atoms with van der Waals surface area (Å²) in [5.41, 5.74) is 0.535. The molecule has 0 aromatic carbocycles. The van der Waals surface area contributed by atoms with Gasteiger partial charge in [-0.1, -0.05) is 36.5 Å². The van der Waals surface area contributed by atoms with Gasteiger partial charge in [-0.3, -0.25) is 0 Å². The van der Waals surface area contributed by atoms with Crippen molar-refractivity contribution in [2.24, 2.45) is 0 Å². The van der Waals surface area contributed by atoms with E-state index in [-0.39, 0.29) is 0 Å². The topological polar surface area (TPSA) is 278 Å². The summed E-state index contributed by atoms with van der Waals surface area (Å²) in [6.45, 7) is 10.2. The summed E-state index contributed by atoms with van der Waals surface area (Å²) >= 11 is 0. The number of hydrogen-bond acceptors (Lipinski definition) is 17. The number of aliphatic hydroxyl groups excluding tert-OH is 10. The molecule has 11 N–H and O–H groups in total. The van der Waals surface area contributed by atoms with Gasteiger partial charge in [-0.15, -0.1) is 0 Å². The van der Waals surface area contributed by atoms with Gasteiger partial charge in [0.1, 0.15) is 73.2 Å². The molecule has 0 amide bonds. The van der Waals surface area contributed by atoms with Gasteiger partial charge in [-0.2, -0.15) is 0 Å². The molecule has 17 heteroatoms. The van der Waals surface area contributed by atoms with Crippen LogP contribution in [0, 0.1) is 0 Å². The van der Waals surface area contributed by atoms with Gasteiger partial charge in [0.15, 0.2) is 18.9 Å². The highest BCUT2D eigenvalue weighted by Crippen LogP contribution is 2.34. The minimum absolute atomic E-state index is 0.315. The third-order valence-electron chi connectivity index (χ3n) is 9.21. The van der Waals surface area contributed by atoms with Crippen LogP contribution in [0.2, 0.25) is 0 Å². The monoisotopic (exact) mass is 724 g/mol. The molecule has 0 aromatic rings. The summed E-state index contributed by atoms with van der Waals surface area (Å²) in [6.07, 6.45) is -20.0. The van der Waals surface area contributed by atoms with E-state index in [1.807, 2.05) is 13.0 Å². The molecule has 3 fully saturated rings. The summed E-state index contributed by atoms with van der Waals surface area (Å²) in [7, 11) is 0. The second-order valence-corrected chi connectivity index (χ2v) is 13.6. The number of rotatable bonds is 17. The molecule has 0 unspecified atom stereocenters. The quantitative estimate of drug-likeness (QED) is 0.0522. The first kappa shape index (κ1) is 42.9. The summed E-state index contributed by atoms with van der Waals surface area (Å²) < 4.78 is 33.9. The minimum Gasteiger partial charge on any atom is -0.394 e. The Kier molecular flexibility index (Phi) is 16.4. The fraction of sp³-hybridized carbons (Fsp3) is 0.818. The molecule has 290 valence electrons. The first-order valence-electron chi connectivity index (χ1n) is 16.7. The third kappa shape index (κ3) is 10.6. The van der Waals surface area contributed by atoms with Crippen molar-refractivity contribution in [3.63, 3.8) is 0 Å². The van der Waals surface area contributed by atoms with Gasteiger partial charge in [-0.05, 0) is 46.5 Å². The first-order valence-corrected chi connectivity index (χ1v) is 16.7. The van der Waals surface area contributed by atoms with Crippen molar-refractivity contribution in [2.45, 2.75) is 150 Å². The summed E-state index contributed by atoms with van der Waals surface area (Å²) in [4.78, 5) is 0. The molecule has 0 bridgehead atoms. The zero-order valence-electron chi connectivity index (χ0n) is 28.6. The van der Waals surface area contributed by atoms with E-state index in [1.165, 1.54) is 13.8 Å². The Labute approximate surface area is 291 Å². The molecular formula is C33H56O17. The highest BCUT2D eigenvalue weighted by Gasteiger charge is 2.54. The van der Waals surface area contributed by atoms with Crippen LogP contribution in [0.1, 0.15) is 46.5 Å². The smallest absolute Gasteiger partial charge is 0.187 e. The average Bonchev–Trinajstić information content (AvgIpc) is 3.08. The van der Waals surface area contributed by atoms with Crippen molar-refractivity contribution in [1.82, 2.24) is 0 Å². The maximum atomic E-state index is 11.1. The number of hydrogen-bond donors (Lipinski definition) is 11. The lowest BCUT2D eigenvalue weighted by Gasteiger charge is -2.48. The third-order valence-corrected chi connectivity index (χ3v) is 9.21. The molecule has 50 heavy (non-hydrogen) atoms. The SMILES string of the molecule is C=CC(=C)CC/C=C(/C)CC[C@H](O[C@@H]1O[C@H](CO)[C@@H](O[C@@H]2O[C@H](CO)[C@@H](O[C@@H]3O[C@H](CO)[C@@H](O)[C@H](O)[C@H]3O)[C@H](O)[C@H]2O)[C@H](O)[C@H]1O)C(C)(C)O. The lowest BCUT2D eigenvalue weighted by atomic mass is 9.94. The second kappa shape index (κ2) is 19.0. The highest BCUT2D eigenvalue weighted by atomic mass is 16.8. The minimum atomic E-state index is -1.95. The van der Waals surface area contributed by atoms with Crippen LogP contribution in [0.3, 0.4) is 0 Å². The van der Waals surface area contributed by atoms with Crippen LogP contribution in [0.5, 0.6) is 0 Å². The van der Waals surface area contributed by atoms with E-state index >= 15 is 0 Å². The summed E-state index contributed by atoms with van der Waals surface area (Å²) in [5.74, 6) is 0. The van der Waals surface area contributed by atoms with Crippen molar-refractivity contribution in [3.05, 3.63) is 36.5 Å².